The van der Waals surface area contributed by atoms with Gasteiger partial charge in [0.2, 0.25) is 5.91 Å². The number of carbonyl (C=O) groups is 3. The molecule has 3 amide bonds. The van der Waals surface area contributed by atoms with Crippen LogP contribution in [0.4, 0.5) is 10.8 Å². The molecule has 0 saturated carbocycles. The highest BCUT2D eigenvalue weighted by Gasteiger charge is 2.20. The molecule has 0 aliphatic rings. The fourth-order valence-electron chi connectivity index (χ4n) is 3.69. The highest BCUT2D eigenvalue weighted by Crippen LogP contribution is 2.29. The summed E-state index contributed by atoms with van der Waals surface area (Å²) in [5, 5.41) is 10.5. The highest BCUT2D eigenvalue weighted by molar-refractivity contribution is 8.00. The van der Waals surface area contributed by atoms with Gasteiger partial charge in [0.25, 0.3) is 11.8 Å². The van der Waals surface area contributed by atoms with Crippen LogP contribution in [0, 0.1) is 0 Å². The van der Waals surface area contributed by atoms with E-state index in [1.165, 1.54) is 23.1 Å². The molecule has 10 heteroatoms. The van der Waals surface area contributed by atoms with E-state index in [0.717, 1.165) is 4.90 Å². The van der Waals surface area contributed by atoms with E-state index in [9.17, 15) is 14.4 Å². The SMILES string of the molecule is CCC(Sc1cccc(NC(=O)/C(=C\c2ccccc2OC)NC(=O)c2ccccc2)c1)C(=O)Nc1nccs1. The second kappa shape index (κ2) is 14.1. The standard InChI is InChI=1S/C30H28N4O4S2/c1-3-26(29(37)34-30-31-16-17-39-30)40-23-14-9-13-22(19-23)32-28(36)24(18-21-12-7-8-15-25(21)38-2)33-27(35)20-10-5-4-6-11-20/h4-19,26H,3H2,1-2H3,(H,32,36)(H,33,35)(H,31,34,37)/b24-18+. The average molecular weight is 573 g/mol. The first-order valence-electron chi connectivity index (χ1n) is 12.5. The molecule has 4 aromatic rings. The number of methoxy groups -OCH3 is 1. The Kier molecular flexibility index (Phi) is 10.1. The number of hydrogen-bond acceptors (Lipinski definition) is 7. The number of thioether (sulfide) groups is 1. The summed E-state index contributed by atoms with van der Waals surface area (Å²) in [5.74, 6) is -0.506. The zero-order valence-electron chi connectivity index (χ0n) is 21.9. The van der Waals surface area contributed by atoms with Crippen molar-refractivity contribution in [2.24, 2.45) is 0 Å². The molecule has 40 heavy (non-hydrogen) atoms. The minimum atomic E-state index is -0.508. The van der Waals surface area contributed by atoms with Gasteiger partial charge in [0.1, 0.15) is 11.4 Å². The molecule has 0 spiro atoms. The maximum absolute atomic E-state index is 13.4. The highest BCUT2D eigenvalue weighted by atomic mass is 32.2. The van der Waals surface area contributed by atoms with Crippen molar-refractivity contribution in [3.63, 3.8) is 0 Å². The largest absolute Gasteiger partial charge is 0.496 e. The van der Waals surface area contributed by atoms with Gasteiger partial charge in [0.15, 0.2) is 5.13 Å². The summed E-state index contributed by atoms with van der Waals surface area (Å²) in [6.07, 6.45) is 3.82. The normalized spacial score (nSPS) is 11.8. The summed E-state index contributed by atoms with van der Waals surface area (Å²) >= 11 is 2.76. The number of amides is 3. The molecule has 1 unspecified atom stereocenters. The number of aromatic nitrogens is 1. The fraction of sp³-hybridized carbons (Fsp3) is 0.133. The van der Waals surface area contributed by atoms with Crippen LogP contribution in [0.2, 0.25) is 0 Å². The van der Waals surface area contributed by atoms with Crippen LogP contribution in [0.5, 0.6) is 5.75 Å². The monoisotopic (exact) mass is 572 g/mol. The Labute approximate surface area is 240 Å². The number of nitrogens with zero attached hydrogens (tertiary/aromatic N) is 1. The van der Waals surface area contributed by atoms with Gasteiger partial charge in [0.05, 0.1) is 12.4 Å². The Balaban J connectivity index is 1.53. The van der Waals surface area contributed by atoms with Crippen LogP contribution in [-0.2, 0) is 9.59 Å². The number of benzene rings is 3. The third kappa shape index (κ3) is 7.81. The van der Waals surface area contributed by atoms with Crippen LogP contribution in [-0.4, -0.2) is 35.1 Å². The zero-order valence-corrected chi connectivity index (χ0v) is 23.6. The van der Waals surface area contributed by atoms with E-state index >= 15 is 0 Å². The van der Waals surface area contributed by atoms with Gasteiger partial charge in [0, 0.05) is 33.3 Å². The lowest BCUT2D eigenvalue weighted by Gasteiger charge is -2.15. The molecule has 0 aliphatic heterocycles. The molecule has 3 aromatic carbocycles. The minimum Gasteiger partial charge on any atom is -0.496 e. The Morgan fingerprint density at radius 1 is 1.00 bits per heavy atom. The van der Waals surface area contributed by atoms with Gasteiger partial charge in [-0.05, 0) is 48.9 Å². The maximum atomic E-state index is 13.4. The number of para-hydroxylation sites is 1. The van der Waals surface area contributed by atoms with Crippen molar-refractivity contribution in [1.82, 2.24) is 10.3 Å². The molecule has 3 N–H and O–H groups in total. The topological polar surface area (TPSA) is 109 Å². The van der Waals surface area contributed by atoms with Gasteiger partial charge < -0.3 is 20.7 Å². The fourth-order valence-corrected chi connectivity index (χ4v) is 5.23. The molecule has 0 saturated heterocycles. The van der Waals surface area contributed by atoms with Crippen LogP contribution < -0.4 is 20.7 Å². The van der Waals surface area contributed by atoms with E-state index in [1.54, 1.807) is 79.4 Å². The van der Waals surface area contributed by atoms with Gasteiger partial charge in [-0.1, -0.05) is 49.4 Å². The number of carbonyl (C=O) groups excluding carboxylic acids is 3. The average Bonchev–Trinajstić information content (AvgIpc) is 3.49. The lowest BCUT2D eigenvalue weighted by Crippen LogP contribution is -2.30. The van der Waals surface area contributed by atoms with Crippen molar-refractivity contribution in [3.05, 3.63) is 107 Å². The summed E-state index contributed by atoms with van der Waals surface area (Å²) in [5.41, 5.74) is 1.61. The van der Waals surface area contributed by atoms with Gasteiger partial charge in [-0.25, -0.2) is 4.98 Å². The van der Waals surface area contributed by atoms with Crippen molar-refractivity contribution in [2.45, 2.75) is 23.5 Å². The molecule has 0 bridgehead atoms. The Morgan fingerprint density at radius 2 is 1.77 bits per heavy atom. The van der Waals surface area contributed by atoms with Crippen molar-refractivity contribution >= 4 is 57.7 Å². The quantitative estimate of drug-likeness (QED) is 0.149. The van der Waals surface area contributed by atoms with E-state index in [4.69, 9.17) is 4.74 Å². The summed E-state index contributed by atoms with van der Waals surface area (Å²) in [4.78, 5) is 44.1. The van der Waals surface area contributed by atoms with E-state index < -0.39 is 11.8 Å². The third-order valence-corrected chi connectivity index (χ3v) is 7.71. The van der Waals surface area contributed by atoms with Gasteiger partial charge in [-0.3, -0.25) is 14.4 Å². The maximum Gasteiger partial charge on any atom is 0.272 e. The van der Waals surface area contributed by atoms with Crippen LogP contribution in [0.3, 0.4) is 0 Å². The molecule has 1 aromatic heterocycles. The van der Waals surface area contributed by atoms with Crippen molar-refractivity contribution < 1.29 is 19.1 Å². The van der Waals surface area contributed by atoms with Gasteiger partial charge >= 0.3 is 0 Å². The second-order valence-corrected chi connectivity index (χ2v) is 10.6. The lowest BCUT2D eigenvalue weighted by atomic mass is 10.1. The molecule has 1 atom stereocenters. The molecule has 0 aliphatic carbocycles. The molecule has 1 heterocycles. The zero-order chi connectivity index (χ0) is 28.3. The first-order chi connectivity index (χ1) is 19.5. The van der Waals surface area contributed by atoms with E-state index in [1.807, 2.05) is 31.2 Å². The minimum absolute atomic E-state index is 0.0469. The molecule has 0 radical (unpaired) electrons. The first kappa shape index (κ1) is 28.6. The summed E-state index contributed by atoms with van der Waals surface area (Å²) < 4.78 is 5.42. The predicted molar refractivity (Wildman–Crippen MR) is 161 cm³/mol. The van der Waals surface area contributed by atoms with Crippen molar-refractivity contribution in [3.8, 4) is 5.75 Å². The molecule has 0 fully saturated rings. The molecular weight excluding hydrogens is 544 g/mol. The Hall–Kier alpha value is -4.41. The molecular formula is C30H28N4O4S2. The number of nitrogens with one attached hydrogen (secondary N) is 3. The number of thiazole rings is 1. The smallest absolute Gasteiger partial charge is 0.272 e. The summed E-state index contributed by atoms with van der Waals surface area (Å²) in [7, 11) is 1.54. The predicted octanol–water partition coefficient (Wildman–Crippen LogP) is 6.07. The number of rotatable bonds is 11. The molecule has 4 rings (SSSR count). The molecule has 204 valence electrons. The number of hydrogen-bond donors (Lipinski definition) is 3. The van der Waals surface area contributed by atoms with E-state index in [2.05, 4.69) is 20.9 Å². The lowest BCUT2D eigenvalue weighted by molar-refractivity contribution is -0.116. The van der Waals surface area contributed by atoms with Crippen LogP contribution in [0.25, 0.3) is 6.08 Å². The second-order valence-electron chi connectivity index (χ2n) is 8.44. The van der Waals surface area contributed by atoms with E-state index in [-0.39, 0.29) is 16.9 Å². The van der Waals surface area contributed by atoms with Crippen LogP contribution in [0.15, 0.2) is 101 Å². The van der Waals surface area contributed by atoms with E-state index in [0.29, 0.717) is 34.1 Å². The van der Waals surface area contributed by atoms with Crippen molar-refractivity contribution in [1.29, 1.82) is 0 Å². The number of ether oxygens (including phenoxy) is 1. The van der Waals surface area contributed by atoms with Gasteiger partial charge in [-0.15, -0.1) is 23.1 Å². The van der Waals surface area contributed by atoms with Gasteiger partial charge in [-0.2, -0.15) is 0 Å². The first-order valence-corrected chi connectivity index (χ1v) is 14.2. The van der Waals surface area contributed by atoms with Crippen LogP contribution in [0.1, 0.15) is 29.3 Å². The third-order valence-electron chi connectivity index (χ3n) is 5.66. The summed E-state index contributed by atoms with van der Waals surface area (Å²) in [6, 6.07) is 23.1. The van der Waals surface area contributed by atoms with Crippen molar-refractivity contribution in [2.75, 3.05) is 17.7 Å². The Morgan fingerprint density at radius 3 is 2.50 bits per heavy atom. The number of anilines is 2. The summed E-state index contributed by atoms with van der Waals surface area (Å²) in [6.45, 7) is 1.94. The molecule has 8 nitrogen and oxygen atoms in total. The van der Waals surface area contributed by atoms with Crippen LogP contribution >= 0.6 is 23.1 Å². The Bertz CT molecular complexity index is 1490.